The van der Waals surface area contributed by atoms with Crippen molar-refractivity contribution in [2.75, 3.05) is 12.8 Å². The number of nitro groups is 1. The van der Waals surface area contributed by atoms with Crippen LogP contribution in [-0.4, -0.2) is 18.0 Å². The molecule has 2 N–H and O–H groups in total. The van der Waals surface area contributed by atoms with Crippen LogP contribution in [0.25, 0.3) is 0 Å². The van der Waals surface area contributed by atoms with E-state index < -0.39 is 16.6 Å². The van der Waals surface area contributed by atoms with Crippen LogP contribution in [0.3, 0.4) is 0 Å². The smallest absolute Gasteiger partial charge is 0.344 e. The number of hydrogen-bond acceptors (Lipinski definition) is 5. The van der Waals surface area contributed by atoms with E-state index >= 15 is 0 Å². The summed E-state index contributed by atoms with van der Waals surface area (Å²) in [7, 11) is 1.15. The molecule has 0 aromatic heterocycles. The summed E-state index contributed by atoms with van der Waals surface area (Å²) in [6.07, 6.45) is 0. The van der Waals surface area contributed by atoms with E-state index in [1.165, 1.54) is 18.2 Å². The number of rotatable bonds is 2. The Morgan fingerprint density at radius 3 is 2.71 bits per heavy atom. The van der Waals surface area contributed by atoms with Crippen molar-refractivity contribution in [3.63, 3.8) is 0 Å². The first-order valence-corrected chi connectivity index (χ1v) is 3.69. The molecule has 0 saturated carbocycles. The van der Waals surface area contributed by atoms with E-state index in [1.807, 2.05) is 0 Å². The van der Waals surface area contributed by atoms with Crippen molar-refractivity contribution in [2.45, 2.75) is 0 Å². The maximum absolute atomic E-state index is 11.1. The van der Waals surface area contributed by atoms with Crippen LogP contribution >= 0.6 is 0 Å². The Balaban J connectivity index is 3.35. The van der Waals surface area contributed by atoms with Crippen LogP contribution in [0.15, 0.2) is 18.2 Å². The van der Waals surface area contributed by atoms with Gasteiger partial charge in [0, 0.05) is 0 Å². The van der Waals surface area contributed by atoms with Crippen molar-refractivity contribution < 1.29 is 14.5 Å². The van der Waals surface area contributed by atoms with Gasteiger partial charge in [-0.25, -0.2) is 4.79 Å². The first-order chi connectivity index (χ1) is 6.57. The Hall–Kier alpha value is -2.11. The average molecular weight is 196 g/mol. The lowest BCUT2D eigenvalue weighted by Crippen LogP contribution is -2.07. The second kappa shape index (κ2) is 3.73. The van der Waals surface area contributed by atoms with E-state index in [9.17, 15) is 14.9 Å². The number of carbonyl (C=O) groups is 1. The molecule has 0 aliphatic rings. The van der Waals surface area contributed by atoms with Gasteiger partial charge in [-0.1, -0.05) is 6.07 Å². The molecule has 0 aliphatic heterocycles. The highest BCUT2D eigenvalue weighted by Gasteiger charge is 2.23. The van der Waals surface area contributed by atoms with E-state index in [-0.39, 0.29) is 11.3 Å². The van der Waals surface area contributed by atoms with Gasteiger partial charge < -0.3 is 10.5 Å². The first-order valence-electron chi connectivity index (χ1n) is 3.69. The molecule has 14 heavy (non-hydrogen) atoms. The Morgan fingerprint density at radius 1 is 1.57 bits per heavy atom. The Morgan fingerprint density at radius 2 is 2.21 bits per heavy atom. The number of carbonyl (C=O) groups excluding carboxylic acids is 1. The Labute approximate surface area is 79.4 Å². The molecule has 0 radical (unpaired) electrons. The minimum Gasteiger partial charge on any atom is -0.465 e. The number of nitrogens with two attached hydrogens (primary N) is 1. The zero-order valence-corrected chi connectivity index (χ0v) is 7.39. The van der Waals surface area contributed by atoms with Gasteiger partial charge in [-0.15, -0.1) is 0 Å². The number of ether oxygens (including phenoxy) is 1. The molecular formula is C8H8N2O4. The van der Waals surface area contributed by atoms with Crippen molar-refractivity contribution in [3.8, 4) is 0 Å². The summed E-state index contributed by atoms with van der Waals surface area (Å²) >= 11 is 0. The molecule has 0 aliphatic carbocycles. The van der Waals surface area contributed by atoms with E-state index in [1.54, 1.807) is 0 Å². The lowest BCUT2D eigenvalue weighted by Gasteiger charge is -2.02. The molecule has 6 heteroatoms. The topological polar surface area (TPSA) is 95.5 Å². The highest BCUT2D eigenvalue weighted by molar-refractivity contribution is 5.96. The predicted octanol–water partition coefficient (Wildman–Crippen LogP) is 0.964. The van der Waals surface area contributed by atoms with Gasteiger partial charge in [0.25, 0.3) is 0 Å². The van der Waals surface area contributed by atoms with Crippen LogP contribution in [0.2, 0.25) is 0 Å². The van der Waals surface area contributed by atoms with Crippen LogP contribution in [0, 0.1) is 10.1 Å². The summed E-state index contributed by atoms with van der Waals surface area (Å²) in [6.45, 7) is 0. The molecule has 0 bridgehead atoms. The molecule has 0 fully saturated rings. The molecule has 0 saturated heterocycles. The van der Waals surface area contributed by atoms with Crippen molar-refractivity contribution in [2.24, 2.45) is 0 Å². The number of nitro benzene ring substituents is 1. The van der Waals surface area contributed by atoms with Crippen LogP contribution in [0.5, 0.6) is 0 Å². The van der Waals surface area contributed by atoms with Crippen LogP contribution in [-0.2, 0) is 4.74 Å². The van der Waals surface area contributed by atoms with Crippen molar-refractivity contribution >= 4 is 17.3 Å². The number of para-hydroxylation sites is 1. The SMILES string of the molecule is COC(=O)c1cccc(N)c1[N+](=O)[O-]. The highest BCUT2D eigenvalue weighted by atomic mass is 16.6. The molecule has 0 unspecified atom stereocenters. The van der Waals surface area contributed by atoms with E-state index in [0.29, 0.717) is 0 Å². The van der Waals surface area contributed by atoms with Gasteiger partial charge in [0.15, 0.2) is 0 Å². The van der Waals surface area contributed by atoms with Crippen molar-refractivity contribution in [1.29, 1.82) is 0 Å². The number of nitrogens with zero attached hydrogens (tertiary/aromatic N) is 1. The normalized spacial score (nSPS) is 9.50. The lowest BCUT2D eigenvalue weighted by atomic mass is 10.1. The summed E-state index contributed by atoms with van der Waals surface area (Å²) in [5.41, 5.74) is 4.75. The van der Waals surface area contributed by atoms with Crippen LogP contribution in [0.4, 0.5) is 11.4 Å². The fraction of sp³-hybridized carbons (Fsp3) is 0.125. The molecule has 1 aromatic rings. The van der Waals surface area contributed by atoms with E-state index in [0.717, 1.165) is 7.11 Å². The van der Waals surface area contributed by atoms with Gasteiger partial charge in [0.05, 0.1) is 12.0 Å². The third kappa shape index (κ3) is 1.63. The van der Waals surface area contributed by atoms with Gasteiger partial charge in [-0.05, 0) is 12.1 Å². The zero-order valence-electron chi connectivity index (χ0n) is 7.39. The van der Waals surface area contributed by atoms with Crippen LogP contribution < -0.4 is 5.73 Å². The van der Waals surface area contributed by atoms with Gasteiger partial charge in [0.1, 0.15) is 11.3 Å². The quantitative estimate of drug-likeness (QED) is 0.329. The third-order valence-electron chi connectivity index (χ3n) is 1.66. The second-order valence-corrected chi connectivity index (χ2v) is 2.49. The largest absolute Gasteiger partial charge is 0.465 e. The first kappa shape index (κ1) is 9.97. The summed E-state index contributed by atoms with van der Waals surface area (Å²) in [5.74, 6) is -0.774. The minimum absolute atomic E-state index is 0.0575. The number of benzene rings is 1. The summed E-state index contributed by atoms with van der Waals surface area (Å²) in [5, 5.41) is 10.6. The fourth-order valence-corrected chi connectivity index (χ4v) is 1.04. The minimum atomic E-state index is -0.774. The molecule has 0 heterocycles. The molecule has 74 valence electrons. The molecule has 0 amide bonds. The van der Waals surface area contributed by atoms with E-state index in [2.05, 4.69) is 4.74 Å². The number of anilines is 1. The molecule has 0 atom stereocenters. The molecule has 0 spiro atoms. The standard InChI is InChI=1S/C8H8N2O4/c1-14-8(11)5-3-2-4-6(9)7(5)10(12)13/h2-4H,9H2,1H3. The second-order valence-electron chi connectivity index (χ2n) is 2.49. The Bertz CT molecular complexity index is 389. The average Bonchev–Trinajstić information content (AvgIpc) is 2.15. The molecule has 1 aromatic carbocycles. The van der Waals surface area contributed by atoms with Crippen molar-refractivity contribution in [1.82, 2.24) is 0 Å². The zero-order chi connectivity index (χ0) is 10.7. The van der Waals surface area contributed by atoms with Gasteiger partial charge >= 0.3 is 11.7 Å². The summed E-state index contributed by atoms with van der Waals surface area (Å²) in [6, 6.07) is 4.10. The molecule has 6 nitrogen and oxygen atoms in total. The molecule has 1 rings (SSSR count). The number of nitrogen functional groups attached to an aromatic ring is 1. The Kier molecular flexibility index (Phi) is 2.66. The monoisotopic (exact) mass is 196 g/mol. The maximum Gasteiger partial charge on any atom is 0.344 e. The fourth-order valence-electron chi connectivity index (χ4n) is 1.04. The number of hydrogen-bond donors (Lipinski definition) is 1. The van der Waals surface area contributed by atoms with Gasteiger partial charge in [-0.3, -0.25) is 10.1 Å². The van der Waals surface area contributed by atoms with Crippen molar-refractivity contribution in [3.05, 3.63) is 33.9 Å². The summed E-state index contributed by atoms with van der Waals surface area (Å²) < 4.78 is 4.38. The van der Waals surface area contributed by atoms with Crippen LogP contribution in [0.1, 0.15) is 10.4 Å². The summed E-state index contributed by atoms with van der Waals surface area (Å²) in [4.78, 5) is 21.0. The van der Waals surface area contributed by atoms with Gasteiger partial charge in [-0.2, -0.15) is 0 Å². The predicted molar refractivity (Wildman–Crippen MR) is 48.8 cm³/mol. The van der Waals surface area contributed by atoms with E-state index in [4.69, 9.17) is 5.73 Å². The van der Waals surface area contributed by atoms with Gasteiger partial charge in [0.2, 0.25) is 0 Å². The lowest BCUT2D eigenvalue weighted by molar-refractivity contribution is -0.384. The maximum atomic E-state index is 11.1. The molecular weight excluding hydrogens is 188 g/mol. The number of methoxy groups -OCH3 is 1. The third-order valence-corrected chi connectivity index (χ3v) is 1.66. The highest BCUT2D eigenvalue weighted by Crippen LogP contribution is 2.26. The number of esters is 1.